The molecule has 0 saturated heterocycles. The van der Waals surface area contributed by atoms with Gasteiger partial charge in [-0.15, -0.1) is 0 Å². The standard InChI is InChI=1S/C12H18FN/c1-8(2)14-7-11-10(4)5-9(3)6-12(11)13/h5-6,8,14H,7H2,1-4H3. The Hall–Kier alpha value is -0.890. The van der Waals surface area contributed by atoms with Gasteiger partial charge in [0.25, 0.3) is 0 Å². The predicted molar refractivity (Wildman–Crippen MR) is 57.8 cm³/mol. The van der Waals surface area contributed by atoms with Crippen molar-refractivity contribution in [3.63, 3.8) is 0 Å². The van der Waals surface area contributed by atoms with Gasteiger partial charge in [0, 0.05) is 18.2 Å². The van der Waals surface area contributed by atoms with Gasteiger partial charge in [-0.2, -0.15) is 0 Å². The molecule has 0 amide bonds. The van der Waals surface area contributed by atoms with E-state index in [1.54, 1.807) is 6.07 Å². The molecule has 1 rings (SSSR count). The molecular weight excluding hydrogens is 177 g/mol. The van der Waals surface area contributed by atoms with E-state index in [9.17, 15) is 4.39 Å². The number of rotatable bonds is 3. The second kappa shape index (κ2) is 4.56. The normalized spacial score (nSPS) is 11.0. The van der Waals surface area contributed by atoms with E-state index in [-0.39, 0.29) is 5.82 Å². The molecule has 0 atom stereocenters. The fraction of sp³-hybridized carbons (Fsp3) is 0.500. The number of benzene rings is 1. The van der Waals surface area contributed by atoms with Crippen molar-refractivity contribution >= 4 is 0 Å². The molecule has 2 heteroatoms. The van der Waals surface area contributed by atoms with Gasteiger partial charge in [-0.1, -0.05) is 19.9 Å². The first-order valence-corrected chi connectivity index (χ1v) is 4.99. The molecular formula is C12H18FN. The van der Waals surface area contributed by atoms with Crippen LogP contribution < -0.4 is 5.32 Å². The minimum absolute atomic E-state index is 0.101. The second-order valence-electron chi connectivity index (χ2n) is 4.08. The van der Waals surface area contributed by atoms with Crippen LogP contribution in [0.15, 0.2) is 12.1 Å². The Morgan fingerprint density at radius 2 is 1.93 bits per heavy atom. The van der Waals surface area contributed by atoms with Gasteiger partial charge >= 0.3 is 0 Å². The molecule has 1 aromatic rings. The van der Waals surface area contributed by atoms with Crippen LogP contribution in [0.4, 0.5) is 4.39 Å². The van der Waals surface area contributed by atoms with Gasteiger partial charge in [-0.25, -0.2) is 4.39 Å². The first-order valence-electron chi connectivity index (χ1n) is 4.99. The molecule has 0 saturated carbocycles. The maximum atomic E-state index is 13.5. The summed E-state index contributed by atoms with van der Waals surface area (Å²) in [4.78, 5) is 0. The molecule has 0 bridgehead atoms. The molecule has 1 aromatic carbocycles. The van der Waals surface area contributed by atoms with Gasteiger partial charge < -0.3 is 5.32 Å². The Kier molecular flexibility index (Phi) is 3.64. The summed E-state index contributed by atoms with van der Waals surface area (Å²) in [5.74, 6) is -0.101. The van der Waals surface area contributed by atoms with Crippen molar-refractivity contribution < 1.29 is 4.39 Å². The summed E-state index contributed by atoms with van der Waals surface area (Å²) in [5, 5.41) is 3.22. The van der Waals surface area contributed by atoms with Crippen molar-refractivity contribution in [2.75, 3.05) is 0 Å². The van der Waals surface area contributed by atoms with Crippen molar-refractivity contribution in [1.29, 1.82) is 0 Å². The van der Waals surface area contributed by atoms with E-state index in [2.05, 4.69) is 19.2 Å². The molecule has 0 aromatic heterocycles. The third kappa shape index (κ3) is 2.81. The molecule has 0 fully saturated rings. The molecule has 0 aliphatic rings. The zero-order valence-corrected chi connectivity index (χ0v) is 9.32. The molecule has 0 radical (unpaired) electrons. The molecule has 78 valence electrons. The minimum atomic E-state index is -0.101. The minimum Gasteiger partial charge on any atom is -0.310 e. The third-order valence-electron chi connectivity index (χ3n) is 2.25. The Morgan fingerprint density at radius 3 is 2.43 bits per heavy atom. The maximum absolute atomic E-state index is 13.5. The molecule has 0 aliphatic heterocycles. The van der Waals surface area contributed by atoms with E-state index in [0.717, 1.165) is 16.7 Å². The van der Waals surface area contributed by atoms with Crippen LogP contribution >= 0.6 is 0 Å². The SMILES string of the molecule is Cc1cc(C)c(CNC(C)C)c(F)c1. The Balaban J connectivity index is 2.86. The van der Waals surface area contributed by atoms with Gasteiger partial charge in [-0.05, 0) is 31.0 Å². The largest absolute Gasteiger partial charge is 0.310 e. The number of hydrogen-bond donors (Lipinski definition) is 1. The topological polar surface area (TPSA) is 12.0 Å². The summed E-state index contributed by atoms with van der Waals surface area (Å²) >= 11 is 0. The molecule has 0 spiro atoms. The van der Waals surface area contributed by atoms with E-state index in [0.29, 0.717) is 12.6 Å². The lowest BCUT2D eigenvalue weighted by Crippen LogP contribution is -2.23. The summed E-state index contributed by atoms with van der Waals surface area (Å²) in [6.07, 6.45) is 0. The van der Waals surface area contributed by atoms with Crippen molar-refractivity contribution in [3.8, 4) is 0 Å². The van der Waals surface area contributed by atoms with Crippen LogP contribution in [-0.2, 0) is 6.54 Å². The van der Waals surface area contributed by atoms with Crippen molar-refractivity contribution in [1.82, 2.24) is 5.32 Å². The number of nitrogens with one attached hydrogen (secondary N) is 1. The lowest BCUT2D eigenvalue weighted by Gasteiger charge is -2.12. The first kappa shape index (κ1) is 11.2. The second-order valence-corrected chi connectivity index (χ2v) is 4.08. The van der Waals surface area contributed by atoms with Crippen LogP contribution in [0, 0.1) is 19.7 Å². The van der Waals surface area contributed by atoms with Crippen LogP contribution in [0.25, 0.3) is 0 Å². The summed E-state index contributed by atoms with van der Waals surface area (Å²) < 4.78 is 13.5. The zero-order valence-electron chi connectivity index (χ0n) is 9.32. The molecule has 1 N–H and O–H groups in total. The summed E-state index contributed by atoms with van der Waals surface area (Å²) in [6, 6.07) is 3.99. The highest BCUT2D eigenvalue weighted by molar-refractivity contribution is 5.31. The Bertz CT molecular complexity index is 295. The van der Waals surface area contributed by atoms with Crippen LogP contribution in [0.3, 0.4) is 0 Å². The van der Waals surface area contributed by atoms with Gasteiger partial charge in [0.1, 0.15) is 5.82 Å². The molecule has 1 nitrogen and oxygen atoms in total. The first-order chi connectivity index (χ1) is 6.50. The quantitative estimate of drug-likeness (QED) is 0.782. The van der Waals surface area contributed by atoms with Crippen LogP contribution in [-0.4, -0.2) is 6.04 Å². The monoisotopic (exact) mass is 195 g/mol. The van der Waals surface area contributed by atoms with Crippen molar-refractivity contribution in [2.45, 2.75) is 40.3 Å². The average Bonchev–Trinajstić information content (AvgIpc) is 2.01. The Morgan fingerprint density at radius 1 is 1.29 bits per heavy atom. The molecule has 0 heterocycles. The van der Waals surface area contributed by atoms with Gasteiger partial charge in [0.15, 0.2) is 0 Å². The number of hydrogen-bond acceptors (Lipinski definition) is 1. The summed E-state index contributed by atoms with van der Waals surface area (Å²) in [5.41, 5.74) is 2.79. The number of halogens is 1. The zero-order chi connectivity index (χ0) is 10.7. The van der Waals surface area contributed by atoms with E-state index in [1.165, 1.54) is 0 Å². The molecule has 14 heavy (non-hydrogen) atoms. The van der Waals surface area contributed by atoms with E-state index in [4.69, 9.17) is 0 Å². The predicted octanol–water partition coefficient (Wildman–Crippen LogP) is 2.94. The van der Waals surface area contributed by atoms with E-state index >= 15 is 0 Å². The Labute approximate surface area is 85.3 Å². The lowest BCUT2D eigenvalue weighted by molar-refractivity contribution is 0.550. The highest BCUT2D eigenvalue weighted by atomic mass is 19.1. The van der Waals surface area contributed by atoms with Crippen LogP contribution in [0.1, 0.15) is 30.5 Å². The lowest BCUT2D eigenvalue weighted by atomic mass is 10.0. The van der Waals surface area contributed by atoms with Crippen molar-refractivity contribution in [3.05, 3.63) is 34.6 Å². The third-order valence-corrected chi connectivity index (χ3v) is 2.25. The summed E-state index contributed by atoms with van der Waals surface area (Å²) in [7, 11) is 0. The van der Waals surface area contributed by atoms with E-state index in [1.807, 2.05) is 19.9 Å². The van der Waals surface area contributed by atoms with Gasteiger partial charge in [0.05, 0.1) is 0 Å². The highest BCUT2D eigenvalue weighted by Gasteiger charge is 2.06. The maximum Gasteiger partial charge on any atom is 0.128 e. The van der Waals surface area contributed by atoms with Gasteiger partial charge in [0.2, 0.25) is 0 Å². The number of aryl methyl sites for hydroxylation is 2. The van der Waals surface area contributed by atoms with Crippen molar-refractivity contribution in [2.24, 2.45) is 0 Å². The highest BCUT2D eigenvalue weighted by Crippen LogP contribution is 2.15. The summed E-state index contributed by atoms with van der Waals surface area (Å²) in [6.45, 7) is 8.58. The van der Waals surface area contributed by atoms with Crippen LogP contribution in [0.2, 0.25) is 0 Å². The fourth-order valence-electron chi connectivity index (χ4n) is 1.48. The smallest absolute Gasteiger partial charge is 0.128 e. The molecule has 0 aliphatic carbocycles. The van der Waals surface area contributed by atoms with Crippen LogP contribution in [0.5, 0.6) is 0 Å². The average molecular weight is 195 g/mol. The van der Waals surface area contributed by atoms with E-state index < -0.39 is 0 Å². The fourth-order valence-corrected chi connectivity index (χ4v) is 1.48. The molecule has 0 unspecified atom stereocenters. The van der Waals surface area contributed by atoms with Gasteiger partial charge in [-0.3, -0.25) is 0 Å².